The molecule has 1 aliphatic rings. The van der Waals surface area contributed by atoms with Crippen molar-refractivity contribution >= 4 is 29.0 Å². The van der Waals surface area contributed by atoms with Crippen LogP contribution in [0.4, 0.5) is 21.9 Å². The number of anilines is 3. The van der Waals surface area contributed by atoms with E-state index in [-0.39, 0.29) is 11.9 Å². The van der Waals surface area contributed by atoms with E-state index in [2.05, 4.69) is 20.9 Å². The van der Waals surface area contributed by atoms with E-state index in [4.69, 9.17) is 0 Å². The van der Waals surface area contributed by atoms with Gasteiger partial charge in [0.15, 0.2) is 0 Å². The first-order chi connectivity index (χ1) is 15.6. The Morgan fingerprint density at radius 3 is 2.28 bits per heavy atom. The molecule has 0 saturated carbocycles. The van der Waals surface area contributed by atoms with Gasteiger partial charge < -0.3 is 20.9 Å². The third-order valence-electron chi connectivity index (χ3n) is 5.52. The maximum atomic E-state index is 13.1. The number of amides is 3. The fraction of sp³-hybridized carbons (Fsp3) is 0.231. The fourth-order valence-corrected chi connectivity index (χ4v) is 3.92. The van der Waals surface area contributed by atoms with Crippen molar-refractivity contribution in [2.24, 2.45) is 0 Å². The monoisotopic (exact) mass is 428 g/mol. The van der Waals surface area contributed by atoms with Crippen molar-refractivity contribution in [1.29, 1.82) is 0 Å². The van der Waals surface area contributed by atoms with Gasteiger partial charge in [-0.25, -0.2) is 4.79 Å². The number of carbonyl (C=O) groups is 2. The molecule has 1 fully saturated rings. The molecule has 0 bridgehead atoms. The van der Waals surface area contributed by atoms with Crippen LogP contribution in [0.5, 0.6) is 0 Å². The molecule has 32 heavy (non-hydrogen) atoms. The van der Waals surface area contributed by atoms with Crippen LogP contribution in [0.25, 0.3) is 0 Å². The predicted octanol–water partition coefficient (Wildman–Crippen LogP) is 5.17. The number of hydrogen-bond donors (Lipinski definition) is 3. The highest BCUT2D eigenvalue weighted by molar-refractivity contribution is 6.04. The highest BCUT2D eigenvalue weighted by Crippen LogP contribution is 2.28. The van der Waals surface area contributed by atoms with Crippen LogP contribution in [0, 0.1) is 6.92 Å². The maximum Gasteiger partial charge on any atom is 0.323 e. The Morgan fingerprint density at radius 2 is 1.56 bits per heavy atom. The zero-order valence-corrected chi connectivity index (χ0v) is 18.2. The van der Waals surface area contributed by atoms with Gasteiger partial charge in [-0.15, -0.1) is 0 Å². The van der Waals surface area contributed by atoms with Gasteiger partial charge in [0.25, 0.3) is 5.91 Å². The number of hydrogen-bond acceptors (Lipinski definition) is 3. The third-order valence-corrected chi connectivity index (χ3v) is 5.52. The van der Waals surface area contributed by atoms with Crippen molar-refractivity contribution in [2.75, 3.05) is 28.6 Å². The van der Waals surface area contributed by atoms with Gasteiger partial charge in [0, 0.05) is 36.7 Å². The van der Waals surface area contributed by atoms with Crippen molar-refractivity contribution < 1.29 is 9.59 Å². The number of carbonyl (C=O) groups excluding carboxylic acids is 2. The van der Waals surface area contributed by atoms with E-state index in [1.165, 1.54) is 0 Å². The Morgan fingerprint density at radius 1 is 0.844 bits per heavy atom. The van der Waals surface area contributed by atoms with Gasteiger partial charge in [-0.3, -0.25) is 4.79 Å². The predicted molar refractivity (Wildman–Crippen MR) is 129 cm³/mol. The zero-order chi connectivity index (χ0) is 22.3. The van der Waals surface area contributed by atoms with Gasteiger partial charge in [0.1, 0.15) is 0 Å². The normalized spacial score (nSPS) is 13.0. The Bertz CT molecular complexity index is 1090. The molecule has 1 heterocycles. The summed E-state index contributed by atoms with van der Waals surface area (Å²) in [4.78, 5) is 27.8. The van der Waals surface area contributed by atoms with E-state index >= 15 is 0 Å². The molecular formula is C26H28N4O2. The van der Waals surface area contributed by atoms with Crippen LogP contribution >= 0.6 is 0 Å². The van der Waals surface area contributed by atoms with Crippen molar-refractivity contribution in [2.45, 2.75) is 26.3 Å². The number of rotatable bonds is 6. The molecule has 0 aliphatic carbocycles. The van der Waals surface area contributed by atoms with Gasteiger partial charge in [-0.1, -0.05) is 42.5 Å². The minimum atomic E-state index is -0.347. The number of benzene rings is 3. The average Bonchev–Trinajstić information content (AvgIpc) is 3.33. The molecule has 0 aromatic heterocycles. The first-order valence-corrected chi connectivity index (χ1v) is 10.9. The lowest BCUT2D eigenvalue weighted by Gasteiger charge is -2.22. The second kappa shape index (κ2) is 10.0. The molecule has 6 heteroatoms. The average molecular weight is 429 g/mol. The van der Waals surface area contributed by atoms with E-state index < -0.39 is 0 Å². The maximum absolute atomic E-state index is 13.1. The highest BCUT2D eigenvalue weighted by Gasteiger charge is 2.20. The van der Waals surface area contributed by atoms with E-state index in [9.17, 15) is 9.59 Å². The fourth-order valence-electron chi connectivity index (χ4n) is 3.92. The molecule has 164 valence electrons. The summed E-state index contributed by atoms with van der Waals surface area (Å²) in [7, 11) is 0. The minimum absolute atomic E-state index is 0.154. The summed E-state index contributed by atoms with van der Waals surface area (Å²) in [5, 5.41) is 8.70. The molecule has 3 N–H and O–H groups in total. The molecule has 1 saturated heterocycles. The van der Waals surface area contributed by atoms with E-state index in [0.717, 1.165) is 48.4 Å². The van der Waals surface area contributed by atoms with Crippen LogP contribution in [0.2, 0.25) is 0 Å². The molecule has 0 radical (unpaired) electrons. The van der Waals surface area contributed by atoms with Crippen molar-refractivity contribution in [3.63, 3.8) is 0 Å². The molecule has 0 unspecified atom stereocenters. The SMILES string of the molecule is Cc1cccc(NC(=O)Nc2ccc(N3CCCC3)c(C(=O)NCc3ccccc3)c2)c1. The molecule has 3 aromatic rings. The van der Waals surface area contributed by atoms with Gasteiger partial charge in [-0.2, -0.15) is 0 Å². The summed E-state index contributed by atoms with van der Waals surface area (Å²) in [6.07, 6.45) is 2.23. The van der Waals surface area contributed by atoms with Crippen LogP contribution < -0.4 is 20.9 Å². The lowest BCUT2D eigenvalue weighted by molar-refractivity contribution is 0.0951. The Hall–Kier alpha value is -3.80. The molecule has 0 spiro atoms. The van der Waals surface area contributed by atoms with Crippen LogP contribution in [0.1, 0.15) is 34.3 Å². The summed E-state index contributed by atoms with van der Waals surface area (Å²) in [5.41, 5.74) is 4.86. The molecule has 6 nitrogen and oxygen atoms in total. The summed E-state index contributed by atoms with van der Waals surface area (Å²) < 4.78 is 0. The second-order valence-electron chi connectivity index (χ2n) is 8.04. The Kier molecular flexibility index (Phi) is 6.70. The molecular weight excluding hydrogens is 400 g/mol. The second-order valence-corrected chi connectivity index (χ2v) is 8.04. The van der Waals surface area contributed by atoms with Crippen molar-refractivity contribution in [3.8, 4) is 0 Å². The molecule has 0 atom stereocenters. The number of nitrogens with zero attached hydrogens (tertiary/aromatic N) is 1. The van der Waals surface area contributed by atoms with Crippen LogP contribution in [0.15, 0.2) is 72.8 Å². The summed E-state index contributed by atoms with van der Waals surface area (Å²) in [5.74, 6) is -0.154. The van der Waals surface area contributed by atoms with Gasteiger partial charge >= 0.3 is 6.03 Å². The van der Waals surface area contributed by atoms with Crippen molar-refractivity contribution in [1.82, 2.24) is 5.32 Å². The summed E-state index contributed by atoms with van der Waals surface area (Å²) >= 11 is 0. The topological polar surface area (TPSA) is 73.5 Å². The Balaban J connectivity index is 1.50. The third kappa shape index (κ3) is 5.46. The van der Waals surface area contributed by atoms with Gasteiger partial charge in [0.05, 0.1) is 5.56 Å². The number of nitrogens with one attached hydrogen (secondary N) is 3. The van der Waals surface area contributed by atoms with Gasteiger partial charge in [-0.05, 0) is 61.2 Å². The van der Waals surface area contributed by atoms with Crippen LogP contribution in [0.3, 0.4) is 0 Å². The van der Waals surface area contributed by atoms with E-state index in [1.807, 2.05) is 73.7 Å². The molecule has 3 aromatic carbocycles. The first-order valence-electron chi connectivity index (χ1n) is 10.9. The Labute approximate surface area is 188 Å². The summed E-state index contributed by atoms with van der Waals surface area (Å²) in [6, 6.07) is 22.6. The summed E-state index contributed by atoms with van der Waals surface area (Å²) in [6.45, 7) is 4.28. The van der Waals surface area contributed by atoms with E-state index in [1.54, 1.807) is 6.07 Å². The quantitative estimate of drug-likeness (QED) is 0.507. The first kappa shape index (κ1) is 21.4. The molecule has 3 amide bonds. The smallest absolute Gasteiger partial charge is 0.323 e. The van der Waals surface area contributed by atoms with Crippen molar-refractivity contribution in [3.05, 3.63) is 89.5 Å². The zero-order valence-electron chi connectivity index (χ0n) is 18.2. The van der Waals surface area contributed by atoms with E-state index in [0.29, 0.717) is 17.8 Å². The van der Waals surface area contributed by atoms with Crippen LogP contribution in [-0.2, 0) is 6.54 Å². The minimum Gasteiger partial charge on any atom is -0.371 e. The lowest BCUT2D eigenvalue weighted by atomic mass is 10.1. The lowest BCUT2D eigenvalue weighted by Crippen LogP contribution is -2.27. The standard InChI is InChI=1S/C26H28N4O2/c1-19-8-7-11-21(16-19)28-26(32)29-22-12-13-24(30-14-5-6-15-30)23(17-22)25(31)27-18-20-9-3-2-4-10-20/h2-4,7-13,16-17H,5-6,14-15,18H2,1H3,(H,27,31)(H2,28,29,32). The largest absolute Gasteiger partial charge is 0.371 e. The molecule has 4 rings (SSSR count). The highest BCUT2D eigenvalue weighted by atomic mass is 16.2. The van der Waals surface area contributed by atoms with Gasteiger partial charge in [0.2, 0.25) is 0 Å². The number of aryl methyl sites for hydroxylation is 1. The van der Waals surface area contributed by atoms with Crippen LogP contribution in [-0.4, -0.2) is 25.0 Å². The molecule has 1 aliphatic heterocycles. The number of urea groups is 1.